The summed E-state index contributed by atoms with van der Waals surface area (Å²) in [6, 6.07) is 63.3. The molecule has 10 aromatic rings. The van der Waals surface area contributed by atoms with E-state index in [-0.39, 0.29) is 0 Å². The van der Waals surface area contributed by atoms with Crippen molar-refractivity contribution in [3.8, 4) is 16.8 Å². The van der Waals surface area contributed by atoms with Gasteiger partial charge < -0.3 is 13.9 Å². The summed E-state index contributed by atoms with van der Waals surface area (Å²) in [6.07, 6.45) is 6.41. The van der Waals surface area contributed by atoms with Gasteiger partial charge in [-0.15, -0.1) is 0 Å². The summed E-state index contributed by atoms with van der Waals surface area (Å²) in [4.78, 5) is 2.35. The molecule has 0 spiro atoms. The van der Waals surface area contributed by atoms with Crippen LogP contribution >= 0.6 is 0 Å². The predicted molar refractivity (Wildman–Crippen MR) is 245 cm³/mol. The molecule has 0 aliphatic heterocycles. The van der Waals surface area contributed by atoms with E-state index in [4.69, 9.17) is 4.42 Å². The SMILES string of the molecule is C/C=C\C(=C/C)c1ccc(N(c2ccc(-c3cccc4ccccc34)cc2)c2ccc(-n3c4ccccc4c4c5c(ccc43)oc3ccccc35)cc2)cc1.CC. The summed E-state index contributed by atoms with van der Waals surface area (Å²) < 4.78 is 8.70. The largest absolute Gasteiger partial charge is 0.456 e. The Labute approximate surface area is 334 Å². The lowest BCUT2D eigenvalue weighted by atomic mass is 9.98. The van der Waals surface area contributed by atoms with Crippen molar-refractivity contribution in [2.75, 3.05) is 4.90 Å². The molecule has 0 saturated carbocycles. The highest BCUT2D eigenvalue weighted by atomic mass is 16.3. The molecule has 2 aromatic heterocycles. The van der Waals surface area contributed by atoms with Crippen molar-refractivity contribution >= 4 is 77.2 Å². The molecule has 3 heteroatoms. The fourth-order valence-corrected chi connectivity index (χ4v) is 8.36. The molecule has 0 radical (unpaired) electrons. The van der Waals surface area contributed by atoms with Gasteiger partial charge in [0.05, 0.1) is 11.0 Å². The lowest BCUT2D eigenvalue weighted by Gasteiger charge is -2.26. The lowest BCUT2D eigenvalue weighted by molar-refractivity contribution is 0.669. The number of furan rings is 1. The van der Waals surface area contributed by atoms with Crippen molar-refractivity contribution in [2.45, 2.75) is 27.7 Å². The van der Waals surface area contributed by atoms with E-state index < -0.39 is 0 Å². The zero-order chi connectivity index (χ0) is 38.9. The third-order valence-corrected chi connectivity index (χ3v) is 10.9. The van der Waals surface area contributed by atoms with E-state index in [1.807, 2.05) is 19.9 Å². The van der Waals surface area contributed by atoms with Crippen molar-refractivity contribution in [2.24, 2.45) is 0 Å². The summed E-state index contributed by atoms with van der Waals surface area (Å²) >= 11 is 0. The van der Waals surface area contributed by atoms with Crippen LogP contribution in [0.5, 0.6) is 0 Å². The highest BCUT2D eigenvalue weighted by Crippen LogP contribution is 2.42. The van der Waals surface area contributed by atoms with Gasteiger partial charge in [-0.3, -0.25) is 0 Å². The average molecular weight is 737 g/mol. The second kappa shape index (κ2) is 15.2. The van der Waals surface area contributed by atoms with Crippen LogP contribution in [-0.4, -0.2) is 4.57 Å². The van der Waals surface area contributed by atoms with Crippen LogP contribution in [0.25, 0.3) is 76.9 Å². The number of aromatic nitrogens is 1. The molecule has 0 amide bonds. The van der Waals surface area contributed by atoms with Gasteiger partial charge in [0, 0.05) is 44.3 Å². The summed E-state index contributed by atoms with van der Waals surface area (Å²) in [5.41, 5.74) is 13.3. The average Bonchev–Trinajstić information content (AvgIpc) is 3.83. The Morgan fingerprint density at radius 2 is 1.12 bits per heavy atom. The molecule has 0 fully saturated rings. The topological polar surface area (TPSA) is 21.3 Å². The van der Waals surface area contributed by atoms with Crippen LogP contribution in [0.2, 0.25) is 0 Å². The molecule has 2 heterocycles. The number of hydrogen-bond acceptors (Lipinski definition) is 2. The van der Waals surface area contributed by atoms with E-state index in [1.165, 1.54) is 49.3 Å². The molecule has 0 aliphatic rings. The molecule has 0 unspecified atom stereocenters. The van der Waals surface area contributed by atoms with Gasteiger partial charge in [-0.1, -0.05) is 135 Å². The van der Waals surface area contributed by atoms with Crippen molar-refractivity contribution < 1.29 is 4.42 Å². The highest BCUT2D eigenvalue weighted by molar-refractivity contribution is 6.27. The van der Waals surface area contributed by atoms with Gasteiger partial charge in [-0.2, -0.15) is 0 Å². The molecule has 10 rings (SSSR count). The van der Waals surface area contributed by atoms with Gasteiger partial charge in [0.15, 0.2) is 0 Å². The molecular formula is C54H44N2O. The number of para-hydroxylation sites is 2. The van der Waals surface area contributed by atoms with E-state index in [1.54, 1.807) is 0 Å². The van der Waals surface area contributed by atoms with Gasteiger partial charge >= 0.3 is 0 Å². The quantitative estimate of drug-likeness (QED) is 0.152. The zero-order valence-corrected chi connectivity index (χ0v) is 32.8. The van der Waals surface area contributed by atoms with E-state index >= 15 is 0 Å². The molecule has 0 saturated heterocycles. The number of benzene rings is 8. The van der Waals surface area contributed by atoms with Gasteiger partial charge in [0.1, 0.15) is 11.2 Å². The first kappa shape index (κ1) is 35.6. The van der Waals surface area contributed by atoms with E-state index in [0.29, 0.717) is 0 Å². The van der Waals surface area contributed by atoms with Crippen LogP contribution in [-0.2, 0) is 0 Å². The molecule has 276 valence electrons. The van der Waals surface area contributed by atoms with Crippen molar-refractivity contribution in [1.29, 1.82) is 0 Å². The third kappa shape index (κ3) is 6.18. The Bertz CT molecular complexity index is 3080. The second-order valence-electron chi connectivity index (χ2n) is 14.0. The minimum absolute atomic E-state index is 0.910. The number of anilines is 3. The Morgan fingerprint density at radius 3 is 1.84 bits per heavy atom. The zero-order valence-electron chi connectivity index (χ0n) is 32.8. The first-order valence-electron chi connectivity index (χ1n) is 19.9. The smallest absolute Gasteiger partial charge is 0.136 e. The van der Waals surface area contributed by atoms with E-state index in [2.05, 4.69) is 211 Å². The van der Waals surface area contributed by atoms with Gasteiger partial charge in [-0.25, -0.2) is 0 Å². The minimum atomic E-state index is 0.910. The normalized spacial score (nSPS) is 11.9. The molecule has 8 aromatic carbocycles. The Balaban J connectivity index is 0.00000208. The number of nitrogens with zero attached hydrogens (tertiary/aromatic N) is 2. The van der Waals surface area contributed by atoms with Crippen LogP contribution in [0.3, 0.4) is 0 Å². The second-order valence-corrected chi connectivity index (χ2v) is 14.0. The van der Waals surface area contributed by atoms with E-state index in [0.717, 1.165) is 50.2 Å². The van der Waals surface area contributed by atoms with Crippen LogP contribution in [0.4, 0.5) is 17.1 Å². The van der Waals surface area contributed by atoms with Crippen LogP contribution in [0, 0.1) is 0 Å². The first-order valence-corrected chi connectivity index (χ1v) is 19.9. The summed E-state index contributed by atoms with van der Waals surface area (Å²) in [5, 5.41) is 7.24. The van der Waals surface area contributed by atoms with Crippen LogP contribution in [0.1, 0.15) is 33.3 Å². The van der Waals surface area contributed by atoms with Crippen LogP contribution < -0.4 is 4.90 Å². The monoisotopic (exact) mass is 736 g/mol. The van der Waals surface area contributed by atoms with Crippen molar-refractivity contribution in [1.82, 2.24) is 4.57 Å². The Kier molecular flexibility index (Phi) is 9.49. The third-order valence-electron chi connectivity index (χ3n) is 10.9. The predicted octanol–water partition coefficient (Wildman–Crippen LogP) is 16.0. The molecular weight excluding hydrogens is 693 g/mol. The van der Waals surface area contributed by atoms with Gasteiger partial charge in [-0.05, 0) is 120 Å². The summed E-state index contributed by atoms with van der Waals surface area (Å²) in [6.45, 7) is 8.15. The minimum Gasteiger partial charge on any atom is -0.456 e. The number of hydrogen-bond donors (Lipinski definition) is 0. The summed E-state index contributed by atoms with van der Waals surface area (Å²) in [5.74, 6) is 0. The molecule has 0 bridgehead atoms. The first-order chi connectivity index (χ1) is 28.2. The molecule has 57 heavy (non-hydrogen) atoms. The maximum Gasteiger partial charge on any atom is 0.136 e. The molecule has 0 aliphatic carbocycles. The van der Waals surface area contributed by atoms with Gasteiger partial charge in [0.2, 0.25) is 0 Å². The van der Waals surface area contributed by atoms with Crippen molar-refractivity contribution in [3.63, 3.8) is 0 Å². The number of allylic oxidation sites excluding steroid dienone is 4. The maximum atomic E-state index is 6.32. The standard InChI is InChI=1S/C52H38N2O.C2H6/c1-3-12-35(4-2)36-21-25-39(26-22-36)53(40-27-23-38(24-28-40)44-18-11-14-37-13-5-6-15-43(37)44)41-29-31-42(32-30-41)54-47-19-9-7-16-45(47)51-48(54)33-34-50-52(51)46-17-8-10-20-49(46)55-50;1-2/h3-34H,1-2H3;1-2H3/b12-3-,35-4+;. The molecule has 0 atom stereocenters. The maximum absolute atomic E-state index is 6.32. The number of rotatable bonds is 7. The fraction of sp³-hybridized carbons (Fsp3) is 0.0741. The van der Waals surface area contributed by atoms with Gasteiger partial charge in [0.25, 0.3) is 0 Å². The van der Waals surface area contributed by atoms with Crippen molar-refractivity contribution in [3.05, 3.63) is 200 Å². The molecule has 0 N–H and O–H groups in total. The fourth-order valence-electron chi connectivity index (χ4n) is 8.36. The number of fused-ring (bicyclic) bond motifs is 8. The lowest BCUT2D eigenvalue weighted by Crippen LogP contribution is -2.10. The highest BCUT2D eigenvalue weighted by Gasteiger charge is 2.19. The molecule has 3 nitrogen and oxygen atoms in total. The Hall–Kier alpha value is -7.10. The Morgan fingerprint density at radius 1 is 0.509 bits per heavy atom. The van der Waals surface area contributed by atoms with Crippen LogP contribution in [0.15, 0.2) is 199 Å². The van der Waals surface area contributed by atoms with E-state index in [9.17, 15) is 0 Å². The summed E-state index contributed by atoms with van der Waals surface area (Å²) in [7, 11) is 0.